The van der Waals surface area contributed by atoms with Crippen molar-refractivity contribution in [2.24, 2.45) is 0 Å². The van der Waals surface area contributed by atoms with Crippen molar-refractivity contribution in [3.63, 3.8) is 0 Å². The van der Waals surface area contributed by atoms with Gasteiger partial charge in [-0.3, -0.25) is 4.55 Å². The average Bonchev–Trinajstić information content (AvgIpc) is 2.08. The number of hydrogen-bond donors (Lipinski definition) is 1. The van der Waals surface area contributed by atoms with Crippen molar-refractivity contribution in [3.8, 4) is 0 Å². The first kappa shape index (κ1) is 6.57. The van der Waals surface area contributed by atoms with E-state index in [4.69, 9.17) is 4.55 Å². The van der Waals surface area contributed by atoms with Crippen LogP contribution in [0.4, 0.5) is 0 Å². The van der Waals surface area contributed by atoms with Crippen molar-refractivity contribution in [1.29, 1.82) is 0 Å². The van der Waals surface area contributed by atoms with Gasteiger partial charge in [0, 0.05) is 6.42 Å². The lowest BCUT2D eigenvalue weighted by Crippen LogP contribution is -2.01. The van der Waals surface area contributed by atoms with E-state index in [1.54, 1.807) is 0 Å². The molecule has 0 saturated heterocycles. The summed E-state index contributed by atoms with van der Waals surface area (Å²) in [5, 5.41) is -0.317. The molecular formula is C4H6O4S. The monoisotopic (exact) mass is 150 g/mol. The SMILES string of the molecule is O=S(=O)(O)C1=CCCO1. The molecule has 1 rings (SSSR count). The van der Waals surface area contributed by atoms with Crippen LogP contribution < -0.4 is 0 Å². The van der Waals surface area contributed by atoms with E-state index < -0.39 is 10.1 Å². The molecule has 1 aliphatic heterocycles. The molecule has 0 radical (unpaired) electrons. The van der Waals surface area contributed by atoms with Crippen molar-refractivity contribution in [2.45, 2.75) is 6.42 Å². The van der Waals surface area contributed by atoms with Gasteiger partial charge in [-0.05, 0) is 6.08 Å². The lowest BCUT2D eigenvalue weighted by molar-refractivity contribution is 0.259. The predicted octanol–water partition coefficient (Wildman–Crippen LogP) is 0.136. The molecule has 0 unspecified atom stereocenters. The molecule has 0 saturated carbocycles. The van der Waals surface area contributed by atoms with Gasteiger partial charge in [0.05, 0.1) is 6.61 Å². The van der Waals surface area contributed by atoms with Crippen LogP contribution in [-0.4, -0.2) is 19.6 Å². The molecule has 0 aliphatic carbocycles. The molecule has 5 heteroatoms. The van der Waals surface area contributed by atoms with Crippen LogP contribution in [0.15, 0.2) is 11.2 Å². The Morgan fingerprint density at radius 1 is 1.67 bits per heavy atom. The maximum atomic E-state index is 10.2. The van der Waals surface area contributed by atoms with Crippen LogP contribution in [0.5, 0.6) is 0 Å². The van der Waals surface area contributed by atoms with Crippen molar-refractivity contribution >= 4 is 10.1 Å². The lowest BCUT2D eigenvalue weighted by atomic mass is 10.5. The van der Waals surface area contributed by atoms with E-state index in [9.17, 15) is 8.42 Å². The van der Waals surface area contributed by atoms with Gasteiger partial charge in [-0.2, -0.15) is 8.42 Å². The van der Waals surface area contributed by atoms with Gasteiger partial charge < -0.3 is 4.74 Å². The molecule has 52 valence electrons. The van der Waals surface area contributed by atoms with Crippen LogP contribution in [0, 0.1) is 0 Å². The van der Waals surface area contributed by atoms with Gasteiger partial charge in [0.1, 0.15) is 0 Å². The highest BCUT2D eigenvalue weighted by Crippen LogP contribution is 2.13. The number of rotatable bonds is 1. The first-order chi connectivity index (χ1) is 4.11. The Morgan fingerprint density at radius 2 is 2.33 bits per heavy atom. The summed E-state index contributed by atoms with van der Waals surface area (Å²) in [4.78, 5) is 0. The summed E-state index contributed by atoms with van der Waals surface area (Å²) in [5.41, 5.74) is 0. The van der Waals surface area contributed by atoms with Gasteiger partial charge >= 0.3 is 10.1 Å². The van der Waals surface area contributed by atoms with E-state index in [1.807, 2.05) is 0 Å². The molecule has 1 N–H and O–H groups in total. The third-order valence-electron chi connectivity index (χ3n) is 0.927. The summed E-state index contributed by atoms with van der Waals surface area (Å²) >= 11 is 0. The van der Waals surface area contributed by atoms with Crippen molar-refractivity contribution in [1.82, 2.24) is 0 Å². The first-order valence-corrected chi connectivity index (χ1v) is 3.85. The molecule has 0 spiro atoms. The van der Waals surface area contributed by atoms with Gasteiger partial charge in [0.2, 0.25) is 5.09 Å². The average molecular weight is 150 g/mol. The summed E-state index contributed by atoms with van der Waals surface area (Å²) in [6.07, 6.45) is 1.89. The molecule has 4 nitrogen and oxygen atoms in total. The topological polar surface area (TPSA) is 63.6 Å². The Kier molecular flexibility index (Phi) is 1.46. The Labute approximate surface area is 52.9 Å². The minimum atomic E-state index is -4.06. The van der Waals surface area contributed by atoms with Crippen LogP contribution in [0.1, 0.15) is 6.42 Å². The Hall–Kier alpha value is -0.550. The van der Waals surface area contributed by atoms with Crippen molar-refractivity contribution < 1.29 is 17.7 Å². The van der Waals surface area contributed by atoms with Gasteiger partial charge in [0.25, 0.3) is 0 Å². The number of ether oxygens (including phenoxy) is 1. The largest absolute Gasteiger partial charge is 0.481 e. The fraction of sp³-hybridized carbons (Fsp3) is 0.500. The van der Waals surface area contributed by atoms with E-state index in [1.165, 1.54) is 6.08 Å². The predicted molar refractivity (Wildman–Crippen MR) is 30.2 cm³/mol. The lowest BCUT2D eigenvalue weighted by Gasteiger charge is -1.95. The zero-order chi connectivity index (χ0) is 6.91. The molecule has 0 aromatic carbocycles. The highest BCUT2D eigenvalue weighted by molar-refractivity contribution is 7.89. The Bertz CT molecular complexity index is 225. The molecule has 1 heterocycles. The zero-order valence-corrected chi connectivity index (χ0v) is 5.39. The van der Waals surface area contributed by atoms with Crippen molar-refractivity contribution in [3.05, 3.63) is 11.2 Å². The number of hydrogen-bond acceptors (Lipinski definition) is 3. The maximum absolute atomic E-state index is 10.2. The van der Waals surface area contributed by atoms with E-state index in [0.717, 1.165) is 0 Å². The smallest absolute Gasteiger partial charge is 0.327 e. The van der Waals surface area contributed by atoms with Gasteiger partial charge in [0.15, 0.2) is 0 Å². The second-order valence-corrected chi connectivity index (χ2v) is 2.99. The molecule has 9 heavy (non-hydrogen) atoms. The van der Waals surface area contributed by atoms with Crippen LogP contribution >= 0.6 is 0 Å². The quantitative estimate of drug-likeness (QED) is 0.540. The van der Waals surface area contributed by atoms with Gasteiger partial charge in [-0.1, -0.05) is 0 Å². The summed E-state index contributed by atoms with van der Waals surface area (Å²) in [7, 11) is -4.06. The third kappa shape index (κ3) is 1.43. The van der Waals surface area contributed by atoms with E-state index in [-0.39, 0.29) is 5.09 Å². The summed E-state index contributed by atoms with van der Waals surface area (Å²) in [6, 6.07) is 0. The molecule has 0 amide bonds. The first-order valence-electron chi connectivity index (χ1n) is 2.41. The van der Waals surface area contributed by atoms with E-state index >= 15 is 0 Å². The van der Waals surface area contributed by atoms with E-state index in [0.29, 0.717) is 13.0 Å². The Balaban J connectivity index is 2.87. The fourth-order valence-corrected chi connectivity index (χ4v) is 1.14. The highest BCUT2D eigenvalue weighted by atomic mass is 32.2. The Morgan fingerprint density at radius 3 is 2.56 bits per heavy atom. The second-order valence-electron chi connectivity index (χ2n) is 1.64. The molecule has 0 fully saturated rings. The molecule has 0 atom stereocenters. The zero-order valence-electron chi connectivity index (χ0n) is 4.57. The summed E-state index contributed by atoms with van der Waals surface area (Å²) < 4.78 is 33.2. The summed E-state index contributed by atoms with van der Waals surface area (Å²) in [5.74, 6) is 0. The van der Waals surface area contributed by atoms with E-state index in [2.05, 4.69) is 4.74 Å². The van der Waals surface area contributed by atoms with Crippen LogP contribution in [0.2, 0.25) is 0 Å². The van der Waals surface area contributed by atoms with Crippen LogP contribution in [-0.2, 0) is 14.9 Å². The maximum Gasteiger partial charge on any atom is 0.327 e. The minimum absolute atomic E-state index is 0.317. The van der Waals surface area contributed by atoms with Crippen LogP contribution in [0.25, 0.3) is 0 Å². The third-order valence-corrected chi connectivity index (χ3v) is 1.72. The molecular weight excluding hydrogens is 144 g/mol. The second kappa shape index (κ2) is 2.00. The fourth-order valence-electron chi connectivity index (χ4n) is 0.575. The molecule has 0 aromatic rings. The minimum Gasteiger partial charge on any atom is -0.481 e. The summed E-state index contributed by atoms with van der Waals surface area (Å²) in [6.45, 7) is 0.342. The highest BCUT2D eigenvalue weighted by Gasteiger charge is 2.18. The molecule has 0 aromatic heterocycles. The van der Waals surface area contributed by atoms with Crippen molar-refractivity contribution in [2.75, 3.05) is 6.61 Å². The standard InChI is InChI=1S/C4H6O4S/c5-9(6,7)4-2-1-3-8-4/h2H,1,3H2,(H,5,6,7). The molecule has 0 bridgehead atoms. The van der Waals surface area contributed by atoms with Crippen LogP contribution in [0.3, 0.4) is 0 Å². The van der Waals surface area contributed by atoms with Gasteiger partial charge in [-0.15, -0.1) is 0 Å². The molecule has 1 aliphatic rings. The van der Waals surface area contributed by atoms with Gasteiger partial charge in [-0.25, -0.2) is 0 Å². The normalized spacial score (nSPS) is 19.0.